The van der Waals surface area contributed by atoms with Gasteiger partial charge >= 0.3 is 0 Å². The quantitative estimate of drug-likeness (QED) is 0.632. The summed E-state index contributed by atoms with van der Waals surface area (Å²) in [6, 6.07) is 6.44. The molecule has 3 N–H and O–H groups in total. The largest absolute Gasteiger partial charge is 0.359 e. The van der Waals surface area contributed by atoms with Crippen LogP contribution >= 0.6 is 0 Å². The van der Waals surface area contributed by atoms with E-state index in [-0.39, 0.29) is 11.6 Å². The molecule has 28 heavy (non-hydrogen) atoms. The first-order valence-corrected chi connectivity index (χ1v) is 9.03. The Morgan fingerprint density at radius 2 is 2.11 bits per heavy atom. The number of hydrogen-bond donors (Lipinski definition) is 3. The molecule has 1 unspecified atom stereocenters. The Bertz CT molecular complexity index is 890. The average molecular weight is 382 g/mol. The Labute approximate surface area is 162 Å². The molecular formula is C20H22N4O4. The fourth-order valence-corrected chi connectivity index (χ4v) is 3.22. The number of nitrogens with zero attached hydrogens (tertiary/aromatic N) is 1. The van der Waals surface area contributed by atoms with Crippen molar-refractivity contribution in [2.75, 3.05) is 12.4 Å². The molecule has 2 aliphatic rings. The Balaban J connectivity index is 1.68. The van der Waals surface area contributed by atoms with Gasteiger partial charge in [0.1, 0.15) is 11.7 Å². The minimum absolute atomic E-state index is 0.0540. The zero-order valence-corrected chi connectivity index (χ0v) is 15.6. The van der Waals surface area contributed by atoms with Gasteiger partial charge < -0.3 is 16.0 Å². The molecule has 1 aromatic carbocycles. The summed E-state index contributed by atoms with van der Waals surface area (Å²) in [6.45, 7) is 3.70. The Hall–Kier alpha value is -3.42. The fourth-order valence-electron chi connectivity index (χ4n) is 3.22. The lowest BCUT2D eigenvalue weighted by Gasteiger charge is -2.29. The predicted molar refractivity (Wildman–Crippen MR) is 103 cm³/mol. The zero-order chi connectivity index (χ0) is 20.3. The maximum absolute atomic E-state index is 12.7. The number of hydrogen-bond acceptors (Lipinski definition) is 5. The summed E-state index contributed by atoms with van der Waals surface area (Å²) in [6.07, 6.45) is 2.99. The molecule has 8 heteroatoms. The number of imide groups is 1. The lowest BCUT2D eigenvalue weighted by molar-refractivity contribution is -0.146. The van der Waals surface area contributed by atoms with Gasteiger partial charge in [0.15, 0.2) is 0 Å². The van der Waals surface area contributed by atoms with Gasteiger partial charge in [-0.05, 0) is 37.0 Å². The second kappa shape index (κ2) is 8.08. The first-order chi connectivity index (χ1) is 13.4. The average Bonchev–Trinajstić information content (AvgIpc) is 2.94. The topological polar surface area (TPSA) is 108 Å². The summed E-state index contributed by atoms with van der Waals surface area (Å²) >= 11 is 0. The molecule has 2 aliphatic heterocycles. The third-order valence-corrected chi connectivity index (χ3v) is 4.71. The van der Waals surface area contributed by atoms with E-state index >= 15 is 0 Å². The molecule has 0 spiro atoms. The standard InChI is InChI=1S/C20H22N4O4/c1-12-6-8-16(19(27)22-12)24-18(26)11-15(20(24)28)23-14-5-3-4-13(10-14)7-9-17(25)21-2/h3-5,10-11,16,23H,1,6-9H2,2H3,(H,21,25)(H,22,27). The zero-order valence-electron chi connectivity index (χ0n) is 15.6. The number of carbonyl (C=O) groups is 4. The maximum atomic E-state index is 12.7. The number of aryl methyl sites for hydroxylation is 1. The molecule has 2 heterocycles. The molecule has 0 aliphatic carbocycles. The van der Waals surface area contributed by atoms with Crippen molar-refractivity contribution in [1.29, 1.82) is 0 Å². The molecule has 8 nitrogen and oxygen atoms in total. The minimum atomic E-state index is -0.833. The Kier molecular flexibility index (Phi) is 5.58. The molecule has 1 saturated heterocycles. The van der Waals surface area contributed by atoms with E-state index in [1.807, 2.05) is 12.1 Å². The van der Waals surface area contributed by atoms with Crippen molar-refractivity contribution < 1.29 is 19.2 Å². The highest BCUT2D eigenvalue weighted by atomic mass is 16.2. The molecule has 0 aromatic heterocycles. The molecule has 1 aromatic rings. The highest BCUT2D eigenvalue weighted by molar-refractivity contribution is 6.19. The fraction of sp³-hybridized carbons (Fsp3) is 0.300. The number of rotatable bonds is 6. The van der Waals surface area contributed by atoms with Crippen LogP contribution in [0.2, 0.25) is 0 Å². The number of anilines is 1. The van der Waals surface area contributed by atoms with E-state index in [0.29, 0.717) is 37.1 Å². The van der Waals surface area contributed by atoms with Crippen LogP contribution in [0.3, 0.4) is 0 Å². The number of benzene rings is 1. The highest BCUT2D eigenvalue weighted by Crippen LogP contribution is 2.24. The van der Waals surface area contributed by atoms with Crippen molar-refractivity contribution in [3.63, 3.8) is 0 Å². The van der Waals surface area contributed by atoms with Gasteiger partial charge in [-0.25, -0.2) is 0 Å². The van der Waals surface area contributed by atoms with Crippen LogP contribution in [0.25, 0.3) is 0 Å². The van der Waals surface area contributed by atoms with Crippen LogP contribution in [0, 0.1) is 0 Å². The predicted octanol–water partition coefficient (Wildman–Crippen LogP) is 0.822. The summed E-state index contributed by atoms with van der Waals surface area (Å²) in [5, 5.41) is 8.12. The van der Waals surface area contributed by atoms with E-state index in [1.165, 1.54) is 6.08 Å². The summed E-state index contributed by atoms with van der Waals surface area (Å²) in [7, 11) is 1.59. The van der Waals surface area contributed by atoms with Gasteiger partial charge in [0.05, 0.1) is 0 Å². The van der Waals surface area contributed by atoms with Crippen LogP contribution in [0.15, 0.2) is 48.3 Å². The Morgan fingerprint density at radius 1 is 1.32 bits per heavy atom. The van der Waals surface area contributed by atoms with Crippen LogP contribution in [-0.4, -0.2) is 41.6 Å². The Morgan fingerprint density at radius 3 is 2.82 bits per heavy atom. The number of nitrogens with one attached hydrogen (secondary N) is 3. The van der Waals surface area contributed by atoms with E-state index in [2.05, 4.69) is 22.5 Å². The number of piperidine rings is 1. The molecule has 146 valence electrons. The van der Waals surface area contributed by atoms with Crippen molar-refractivity contribution in [1.82, 2.24) is 15.5 Å². The number of allylic oxidation sites excluding steroid dienone is 1. The normalized spacial score (nSPS) is 19.4. The van der Waals surface area contributed by atoms with Crippen molar-refractivity contribution in [2.45, 2.75) is 31.7 Å². The maximum Gasteiger partial charge on any atom is 0.278 e. The van der Waals surface area contributed by atoms with Crippen molar-refractivity contribution in [3.8, 4) is 0 Å². The van der Waals surface area contributed by atoms with Crippen molar-refractivity contribution in [3.05, 3.63) is 53.9 Å². The molecule has 0 saturated carbocycles. The molecule has 3 rings (SSSR count). The smallest absolute Gasteiger partial charge is 0.278 e. The molecule has 0 radical (unpaired) electrons. The van der Waals surface area contributed by atoms with Crippen LogP contribution in [0.4, 0.5) is 5.69 Å². The van der Waals surface area contributed by atoms with Gasteiger partial charge in [-0.15, -0.1) is 0 Å². The third kappa shape index (κ3) is 4.11. The van der Waals surface area contributed by atoms with Crippen molar-refractivity contribution in [2.24, 2.45) is 0 Å². The van der Waals surface area contributed by atoms with Gasteiger partial charge in [-0.1, -0.05) is 18.7 Å². The monoisotopic (exact) mass is 382 g/mol. The van der Waals surface area contributed by atoms with E-state index in [9.17, 15) is 19.2 Å². The summed E-state index contributed by atoms with van der Waals surface area (Å²) in [5.74, 6) is -1.50. The minimum Gasteiger partial charge on any atom is -0.359 e. The first kappa shape index (κ1) is 19.3. The van der Waals surface area contributed by atoms with E-state index in [4.69, 9.17) is 0 Å². The number of amides is 4. The van der Waals surface area contributed by atoms with Gasteiger partial charge in [0, 0.05) is 30.9 Å². The van der Waals surface area contributed by atoms with E-state index < -0.39 is 23.8 Å². The molecule has 1 fully saturated rings. The highest BCUT2D eigenvalue weighted by Gasteiger charge is 2.41. The van der Waals surface area contributed by atoms with Gasteiger partial charge in [0.2, 0.25) is 11.8 Å². The van der Waals surface area contributed by atoms with Crippen LogP contribution in [0.1, 0.15) is 24.8 Å². The third-order valence-electron chi connectivity index (χ3n) is 4.71. The second-order valence-electron chi connectivity index (χ2n) is 6.72. The van der Waals surface area contributed by atoms with E-state index in [1.54, 1.807) is 19.2 Å². The lowest BCUT2D eigenvalue weighted by Crippen LogP contribution is -2.52. The molecule has 1 atom stereocenters. The SMILES string of the molecule is C=C1CCC(N2C(=O)C=C(Nc3cccc(CCC(=O)NC)c3)C2=O)C(=O)N1. The molecular weight excluding hydrogens is 360 g/mol. The van der Waals surface area contributed by atoms with Crippen LogP contribution in [-0.2, 0) is 25.6 Å². The second-order valence-corrected chi connectivity index (χ2v) is 6.72. The van der Waals surface area contributed by atoms with Gasteiger partial charge in [-0.3, -0.25) is 24.1 Å². The lowest BCUT2D eigenvalue weighted by atomic mass is 10.0. The van der Waals surface area contributed by atoms with Crippen LogP contribution < -0.4 is 16.0 Å². The van der Waals surface area contributed by atoms with Gasteiger partial charge in [-0.2, -0.15) is 0 Å². The van der Waals surface area contributed by atoms with E-state index in [0.717, 1.165) is 10.5 Å². The first-order valence-electron chi connectivity index (χ1n) is 9.03. The summed E-state index contributed by atoms with van der Waals surface area (Å²) in [5.41, 5.74) is 2.25. The molecule has 4 amide bonds. The molecule has 0 bridgehead atoms. The summed E-state index contributed by atoms with van der Waals surface area (Å²) < 4.78 is 0. The summed E-state index contributed by atoms with van der Waals surface area (Å²) in [4.78, 5) is 49.6. The van der Waals surface area contributed by atoms with Crippen LogP contribution in [0.5, 0.6) is 0 Å². The van der Waals surface area contributed by atoms with Crippen molar-refractivity contribution >= 4 is 29.3 Å². The van der Waals surface area contributed by atoms with Gasteiger partial charge in [0.25, 0.3) is 11.8 Å². The number of carbonyl (C=O) groups excluding carboxylic acids is 4.